The molecule has 0 fully saturated rings. The van der Waals surface area contributed by atoms with Crippen LogP contribution >= 0.6 is 0 Å². The topological polar surface area (TPSA) is 77.3 Å². The third-order valence-electron chi connectivity index (χ3n) is 5.92. The van der Waals surface area contributed by atoms with Gasteiger partial charge >= 0.3 is 0 Å². The third kappa shape index (κ3) is 15.7. The van der Waals surface area contributed by atoms with E-state index in [1.54, 1.807) is 12.4 Å². The van der Waals surface area contributed by atoms with Crippen LogP contribution in [0.25, 0.3) is 0 Å². The van der Waals surface area contributed by atoms with E-state index in [9.17, 15) is 0 Å². The van der Waals surface area contributed by atoms with Crippen LogP contribution in [0.4, 0.5) is 0 Å². The number of aryl methyl sites for hydroxylation is 4. The summed E-state index contributed by atoms with van der Waals surface area (Å²) in [6.45, 7) is 25.1. The Morgan fingerprint density at radius 2 is 1.05 bits per heavy atom. The Labute approximate surface area is 250 Å². The minimum absolute atomic E-state index is 0. The van der Waals surface area contributed by atoms with Gasteiger partial charge in [0.05, 0.1) is 22.8 Å². The molecule has 0 bridgehead atoms. The molecule has 6 heteroatoms. The van der Waals surface area contributed by atoms with Crippen molar-refractivity contribution in [3.8, 4) is 0 Å². The Balaban J connectivity index is 0.000000516. The van der Waals surface area contributed by atoms with Gasteiger partial charge in [0.2, 0.25) is 0 Å². The molecule has 4 aromatic rings. The lowest BCUT2D eigenvalue weighted by molar-refractivity contribution is 0.803. The predicted octanol–water partition coefficient (Wildman–Crippen LogP) is 9.48. The fourth-order valence-corrected chi connectivity index (χ4v) is 3.18. The molecule has 0 amide bonds. The molecule has 0 aliphatic heterocycles. The van der Waals surface area contributed by atoms with Gasteiger partial charge in [-0.25, -0.2) is 0 Å². The monoisotopic (exact) mass is 558 g/mol. The summed E-state index contributed by atoms with van der Waals surface area (Å²) in [4.78, 5) is 25.0. The molecule has 0 unspecified atom stereocenters. The van der Waals surface area contributed by atoms with E-state index >= 15 is 0 Å². The van der Waals surface area contributed by atoms with Gasteiger partial charge in [0.1, 0.15) is 0 Å². The summed E-state index contributed by atoms with van der Waals surface area (Å²) in [5.41, 5.74) is 9.06. The molecule has 224 valence electrons. The smallest absolute Gasteiger partial charge is 0.0615 e. The van der Waals surface area contributed by atoms with Gasteiger partial charge in [0.25, 0.3) is 0 Å². The highest BCUT2D eigenvalue weighted by atomic mass is 14.8. The normalized spacial score (nSPS) is 10.1. The highest BCUT2D eigenvalue weighted by Gasteiger charge is 2.00. The Morgan fingerprint density at radius 3 is 1.44 bits per heavy atom. The zero-order chi connectivity index (χ0) is 30.2. The quantitative estimate of drug-likeness (QED) is 0.248. The maximum absolute atomic E-state index is 4.31. The molecule has 0 radical (unpaired) electrons. The van der Waals surface area contributed by atoms with Gasteiger partial charge in [-0.1, -0.05) is 74.9 Å². The van der Waals surface area contributed by atoms with Crippen molar-refractivity contribution in [2.24, 2.45) is 0 Å². The zero-order valence-corrected chi connectivity index (χ0v) is 26.8. The van der Waals surface area contributed by atoms with E-state index < -0.39 is 0 Å². The van der Waals surface area contributed by atoms with Crippen LogP contribution in [0, 0.1) is 27.7 Å². The van der Waals surface area contributed by atoms with Crippen molar-refractivity contribution in [1.82, 2.24) is 29.9 Å². The second-order valence-corrected chi connectivity index (χ2v) is 11.3. The molecule has 0 aliphatic rings. The van der Waals surface area contributed by atoms with Gasteiger partial charge in [-0.05, 0) is 74.1 Å². The number of pyridine rings is 2. The average molecular weight is 559 g/mol. The van der Waals surface area contributed by atoms with E-state index in [1.807, 2.05) is 51.8 Å². The Morgan fingerprint density at radius 1 is 0.463 bits per heavy atom. The summed E-state index contributed by atoms with van der Waals surface area (Å²) in [6, 6.07) is 6.36. The standard InChI is InChI=1S/2C9H13N.2C8H12N2.CH4/c1-7(2)9-4-8(3)5-10-6-9;1-7(2)9-5-4-8(3)10-6-9;1-6(2)8-5-9-7(3)4-10-8;1-6(2)8-5-9-4-7(3)10-8;/h2*4-7H,1-3H3;2*4-6H,1-3H3;1H4. The van der Waals surface area contributed by atoms with Crippen LogP contribution in [0.2, 0.25) is 0 Å². The second kappa shape index (κ2) is 19.5. The molecule has 0 spiro atoms. The molecule has 4 heterocycles. The molecule has 0 aromatic carbocycles. The van der Waals surface area contributed by atoms with Crippen LogP contribution < -0.4 is 0 Å². The lowest BCUT2D eigenvalue weighted by Gasteiger charge is -2.03. The van der Waals surface area contributed by atoms with Crippen LogP contribution in [0.5, 0.6) is 0 Å². The van der Waals surface area contributed by atoms with Crippen LogP contribution in [0.15, 0.2) is 61.6 Å². The number of hydrogen-bond acceptors (Lipinski definition) is 6. The van der Waals surface area contributed by atoms with Crippen LogP contribution in [-0.2, 0) is 0 Å². The molecular weight excluding hydrogens is 504 g/mol. The van der Waals surface area contributed by atoms with Crippen molar-refractivity contribution in [2.45, 2.75) is 114 Å². The van der Waals surface area contributed by atoms with Gasteiger partial charge < -0.3 is 0 Å². The van der Waals surface area contributed by atoms with E-state index in [0.717, 1.165) is 28.5 Å². The third-order valence-corrected chi connectivity index (χ3v) is 5.92. The van der Waals surface area contributed by atoms with Crippen molar-refractivity contribution >= 4 is 0 Å². The van der Waals surface area contributed by atoms with Gasteiger partial charge in [0.15, 0.2) is 0 Å². The minimum Gasteiger partial charge on any atom is -0.264 e. The molecule has 0 N–H and O–H groups in total. The Kier molecular flexibility index (Phi) is 17.8. The number of rotatable bonds is 4. The first-order chi connectivity index (χ1) is 18.8. The van der Waals surface area contributed by atoms with E-state index in [4.69, 9.17) is 0 Å². The van der Waals surface area contributed by atoms with Crippen LogP contribution in [0.3, 0.4) is 0 Å². The molecule has 4 aromatic heterocycles. The highest BCUT2D eigenvalue weighted by Crippen LogP contribution is 2.13. The lowest BCUT2D eigenvalue weighted by atomic mass is 10.0. The molecule has 0 saturated carbocycles. The number of aromatic nitrogens is 6. The molecule has 6 nitrogen and oxygen atoms in total. The molecule has 0 saturated heterocycles. The van der Waals surface area contributed by atoms with Crippen molar-refractivity contribution in [1.29, 1.82) is 0 Å². The maximum Gasteiger partial charge on any atom is 0.0615 e. The van der Waals surface area contributed by atoms with E-state index in [0.29, 0.717) is 23.7 Å². The van der Waals surface area contributed by atoms with Gasteiger partial charge in [0, 0.05) is 49.1 Å². The SMILES string of the molecule is C.Cc1ccc(C(C)C)cn1.Cc1cnc(C(C)C)cn1.Cc1cncc(C(C)C)c1.Cc1cncc(C(C)C)n1. The van der Waals surface area contributed by atoms with Crippen LogP contribution in [0.1, 0.15) is 132 Å². The summed E-state index contributed by atoms with van der Waals surface area (Å²) in [5, 5.41) is 0. The Bertz CT molecular complexity index is 1130. The highest BCUT2D eigenvalue weighted by molar-refractivity contribution is 5.19. The average Bonchev–Trinajstić information content (AvgIpc) is 2.90. The maximum atomic E-state index is 4.31. The predicted molar refractivity (Wildman–Crippen MR) is 175 cm³/mol. The number of hydrogen-bond donors (Lipinski definition) is 0. The van der Waals surface area contributed by atoms with Crippen molar-refractivity contribution in [2.75, 3.05) is 0 Å². The van der Waals surface area contributed by atoms with Crippen molar-refractivity contribution in [3.63, 3.8) is 0 Å². The lowest BCUT2D eigenvalue weighted by Crippen LogP contribution is -1.94. The summed E-state index contributed by atoms with van der Waals surface area (Å²) < 4.78 is 0. The summed E-state index contributed by atoms with van der Waals surface area (Å²) in [6.07, 6.45) is 13.0. The van der Waals surface area contributed by atoms with Crippen LogP contribution in [-0.4, -0.2) is 29.9 Å². The first-order valence-electron chi connectivity index (χ1n) is 14.2. The first-order valence-corrected chi connectivity index (χ1v) is 14.2. The minimum atomic E-state index is 0. The van der Waals surface area contributed by atoms with Gasteiger partial charge in [-0.15, -0.1) is 0 Å². The van der Waals surface area contributed by atoms with Crippen molar-refractivity contribution in [3.05, 3.63) is 107 Å². The Hall–Kier alpha value is -3.54. The van der Waals surface area contributed by atoms with Crippen molar-refractivity contribution < 1.29 is 0 Å². The molecule has 0 aliphatic carbocycles. The fourth-order valence-electron chi connectivity index (χ4n) is 3.18. The summed E-state index contributed by atoms with van der Waals surface area (Å²) in [5.74, 6) is 2.14. The first kappa shape index (κ1) is 37.5. The summed E-state index contributed by atoms with van der Waals surface area (Å²) >= 11 is 0. The molecular formula is C35H54N6. The summed E-state index contributed by atoms with van der Waals surface area (Å²) in [7, 11) is 0. The van der Waals surface area contributed by atoms with E-state index in [-0.39, 0.29) is 7.43 Å². The zero-order valence-electron chi connectivity index (χ0n) is 26.8. The van der Waals surface area contributed by atoms with E-state index in [1.165, 1.54) is 16.7 Å². The number of nitrogens with zero attached hydrogens (tertiary/aromatic N) is 6. The fraction of sp³-hybridized carbons (Fsp3) is 0.486. The molecule has 0 atom stereocenters. The van der Waals surface area contributed by atoms with Gasteiger partial charge in [-0.2, -0.15) is 0 Å². The second-order valence-electron chi connectivity index (χ2n) is 11.3. The van der Waals surface area contributed by atoms with E-state index in [2.05, 4.69) is 110 Å². The molecule has 41 heavy (non-hydrogen) atoms. The largest absolute Gasteiger partial charge is 0.264 e. The molecule has 4 rings (SSSR count). The van der Waals surface area contributed by atoms with Gasteiger partial charge in [-0.3, -0.25) is 29.9 Å².